The highest BCUT2D eigenvalue weighted by Crippen LogP contribution is 2.23. The molecule has 0 aromatic heterocycles. The topological polar surface area (TPSA) is 6.48 Å². The van der Waals surface area contributed by atoms with Crippen molar-refractivity contribution in [2.45, 2.75) is 13.3 Å². The van der Waals surface area contributed by atoms with Gasteiger partial charge in [-0.3, -0.25) is 0 Å². The first-order valence-electron chi connectivity index (χ1n) is 4.87. The Kier molecular flexibility index (Phi) is 2.92. The zero-order valence-corrected chi connectivity index (χ0v) is 9.83. The maximum Gasteiger partial charge on any atom is 0.0201 e. The van der Waals surface area contributed by atoms with Gasteiger partial charge >= 0.3 is 0 Å². The van der Waals surface area contributed by atoms with Crippen molar-refractivity contribution in [2.75, 3.05) is 32.7 Å². The number of nitrogens with zero attached hydrogens (tertiary/aromatic N) is 2. The SMILES string of the molecule is CC1CCN(CC2CN(I)C2)C1. The lowest BCUT2D eigenvalue weighted by Gasteiger charge is -2.36. The van der Waals surface area contributed by atoms with Crippen molar-refractivity contribution in [2.24, 2.45) is 11.8 Å². The number of hydrogen-bond donors (Lipinski definition) is 0. The van der Waals surface area contributed by atoms with Crippen molar-refractivity contribution >= 4 is 22.9 Å². The van der Waals surface area contributed by atoms with E-state index in [1.165, 1.54) is 39.1 Å². The lowest BCUT2D eigenvalue weighted by molar-refractivity contribution is 0.169. The summed E-state index contributed by atoms with van der Waals surface area (Å²) in [5, 5.41) is 0. The van der Waals surface area contributed by atoms with Crippen LogP contribution in [0, 0.1) is 11.8 Å². The molecule has 0 amide bonds. The van der Waals surface area contributed by atoms with E-state index in [9.17, 15) is 0 Å². The van der Waals surface area contributed by atoms with Gasteiger partial charge in [0.05, 0.1) is 0 Å². The molecule has 70 valence electrons. The van der Waals surface area contributed by atoms with Crippen LogP contribution in [0.4, 0.5) is 0 Å². The lowest BCUT2D eigenvalue weighted by Crippen LogP contribution is -2.46. The molecule has 2 aliphatic rings. The number of likely N-dealkylation sites (tertiary alicyclic amines) is 1. The average Bonchev–Trinajstić information content (AvgIpc) is 2.33. The summed E-state index contributed by atoms with van der Waals surface area (Å²) in [6.45, 7) is 9.03. The van der Waals surface area contributed by atoms with Gasteiger partial charge in [0.1, 0.15) is 0 Å². The Morgan fingerprint density at radius 2 is 2.08 bits per heavy atom. The summed E-state index contributed by atoms with van der Waals surface area (Å²) in [5.41, 5.74) is 0. The molecule has 0 aromatic carbocycles. The standard InChI is InChI=1S/C9H17IN2/c1-8-2-3-11(4-8)5-9-6-12(10)7-9/h8-9H,2-7H2,1H3. The maximum absolute atomic E-state index is 2.64. The molecule has 0 radical (unpaired) electrons. The number of halogens is 1. The van der Waals surface area contributed by atoms with Gasteiger partial charge in [0.2, 0.25) is 0 Å². The Morgan fingerprint density at radius 1 is 1.33 bits per heavy atom. The molecule has 1 unspecified atom stereocenters. The molecule has 12 heavy (non-hydrogen) atoms. The van der Waals surface area contributed by atoms with Crippen LogP contribution in [0.5, 0.6) is 0 Å². The molecule has 2 heterocycles. The zero-order valence-electron chi connectivity index (χ0n) is 7.67. The van der Waals surface area contributed by atoms with Crippen LogP contribution in [-0.2, 0) is 0 Å². The third-order valence-corrected chi connectivity index (χ3v) is 3.72. The van der Waals surface area contributed by atoms with Crippen molar-refractivity contribution in [3.05, 3.63) is 0 Å². The first-order chi connectivity index (χ1) is 5.74. The maximum atomic E-state index is 2.64. The van der Waals surface area contributed by atoms with E-state index < -0.39 is 0 Å². The number of hydrogen-bond acceptors (Lipinski definition) is 2. The van der Waals surface area contributed by atoms with E-state index >= 15 is 0 Å². The van der Waals surface area contributed by atoms with Crippen molar-refractivity contribution < 1.29 is 0 Å². The molecule has 2 nitrogen and oxygen atoms in total. The fourth-order valence-electron chi connectivity index (χ4n) is 2.18. The molecule has 3 heteroatoms. The molecule has 0 saturated carbocycles. The van der Waals surface area contributed by atoms with E-state index in [-0.39, 0.29) is 0 Å². The fraction of sp³-hybridized carbons (Fsp3) is 1.00. The predicted molar refractivity (Wildman–Crippen MR) is 59.3 cm³/mol. The van der Waals surface area contributed by atoms with E-state index in [0.29, 0.717) is 0 Å². The first-order valence-corrected chi connectivity index (χ1v) is 5.83. The van der Waals surface area contributed by atoms with Crippen LogP contribution in [0.1, 0.15) is 13.3 Å². The van der Waals surface area contributed by atoms with Crippen LogP contribution in [0.2, 0.25) is 0 Å². The molecular formula is C9H17IN2. The van der Waals surface area contributed by atoms with Gasteiger partial charge in [0.25, 0.3) is 0 Å². The third kappa shape index (κ3) is 2.12. The molecular weight excluding hydrogens is 263 g/mol. The van der Waals surface area contributed by atoms with Crippen molar-refractivity contribution in [1.29, 1.82) is 0 Å². The minimum Gasteiger partial charge on any atom is -0.303 e. The van der Waals surface area contributed by atoms with Crippen LogP contribution >= 0.6 is 22.9 Å². The second-order valence-electron chi connectivity index (χ2n) is 4.35. The van der Waals surface area contributed by atoms with Crippen LogP contribution in [0.3, 0.4) is 0 Å². The Bertz CT molecular complexity index is 157. The molecule has 2 aliphatic heterocycles. The summed E-state index contributed by atoms with van der Waals surface area (Å²) in [4.78, 5) is 2.64. The highest BCUT2D eigenvalue weighted by atomic mass is 127. The first kappa shape index (κ1) is 9.21. The van der Waals surface area contributed by atoms with Crippen LogP contribution in [0.15, 0.2) is 0 Å². The quantitative estimate of drug-likeness (QED) is 0.560. The monoisotopic (exact) mass is 280 g/mol. The van der Waals surface area contributed by atoms with Gasteiger partial charge in [-0.15, -0.1) is 0 Å². The molecule has 0 N–H and O–H groups in total. The smallest absolute Gasteiger partial charge is 0.0201 e. The van der Waals surface area contributed by atoms with Crippen LogP contribution in [-0.4, -0.2) is 40.7 Å². The molecule has 0 aliphatic carbocycles. The average molecular weight is 280 g/mol. The molecule has 0 spiro atoms. The van der Waals surface area contributed by atoms with Crippen LogP contribution in [0.25, 0.3) is 0 Å². The highest BCUT2D eigenvalue weighted by molar-refractivity contribution is 14.1. The summed E-state index contributed by atoms with van der Waals surface area (Å²) < 4.78 is 2.38. The van der Waals surface area contributed by atoms with E-state index in [1.54, 1.807) is 0 Å². The molecule has 1 atom stereocenters. The predicted octanol–water partition coefficient (Wildman–Crippen LogP) is 1.61. The molecule has 2 rings (SSSR count). The highest BCUT2D eigenvalue weighted by Gasteiger charge is 2.28. The van der Waals surface area contributed by atoms with E-state index in [1.807, 2.05) is 0 Å². The Balaban J connectivity index is 1.67. The van der Waals surface area contributed by atoms with Crippen molar-refractivity contribution in [3.63, 3.8) is 0 Å². The van der Waals surface area contributed by atoms with Gasteiger partial charge in [-0.1, -0.05) is 6.92 Å². The molecule has 2 saturated heterocycles. The third-order valence-electron chi connectivity index (χ3n) is 2.94. The Morgan fingerprint density at radius 3 is 2.58 bits per heavy atom. The summed E-state index contributed by atoms with van der Waals surface area (Å²) in [6.07, 6.45) is 1.42. The van der Waals surface area contributed by atoms with Gasteiger partial charge in [0.15, 0.2) is 0 Å². The van der Waals surface area contributed by atoms with Gasteiger partial charge in [-0.25, -0.2) is 3.11 Å². The second-order valence-corrected chi connectivity index (χ2v) is 5.71. The van der Waals surface area contributed by atoms with Gasteiger partial charge < -0.3 is 4.90 Å². The molecule has 0 aromatic rings. The largest absolute Gasteiger partial charge is 0.303 e. The Hall–Kier alpha value is 0.650. The lowest BCUT2D eigenvalue weighted by atomic mass is 10.0. The van der Waals surface area contributed by atoms with Crippen molar-refractivity contribution in [1.82, 2.24) is 8.01 Å². The minimum atomic E-state index is 0.945. The van der Waals surface area contributed by atoms with Crippen LogP contribution < -0.4 is 0 Å². The summed E-state index contributed by atoms with van der Waals surface area (Å²) in [5.74, 6) is 1.91. The van der Waals surface area contributed by atoms with Gasteiger partial charge in [0, 0.05) is 49.0 Å². The summed E-state index contributed by atoms with van der Waals surface area (Å²) >= 11 is 2.41. The normalized spacial score (nSPS) is 34.0. The van der Waals surface area contributed by atoms with Gasteiger partial charge in [-0.05, 0) is 24.8 Å². The van der Waals surface area contributed by atoms with Crippen molar-refractivity contribution in [3.8, 4) is 0 Å². The Labute approximate surface area is 88.8 Å². The summed E-state index contributed by atoms with van der Waals surface area (Å²) in [6, 6.07) is 0. The fourth-order valence-corrected chi connectivity index (χ4v) is 3.29. The molecule has 0 bridgehead atoms. The second kappa shape index (κ2) is 3.80. The molecule has 2 fully saturated rings. The van der Waals surface area contributed by atoms with E-state index in [0.717, 1.165) is 11.8 Å². The van der Waals surface area contributed by atoms with E-state index in [4.69, 9.17) is 0 Å². The minimum absolute atomic E-state index is 0.945. The number of rotatable bonds is 2. The summed E-state index contributed by atoms with van der Waals surface area (Å²) in [7, 11) is 0. The van der Waals surface area contributed by atoms with E-state index in [2.05, 4.69) is 37.8 Å². The zero-order chi connectivity index (χ0) is 8.55. The van der Waals surface area contributed by atoms with Gasteiger partial charge in [-0.2, -0.15) is 0 Å².